The molecule has 1 unspecified atom stereocenters. The van der Waals surface area contributed by atoms with Gasteiger partial charge < -0.3 is 15.8 Å². The van der Waals surface area contributed by atoms with E-state index >= 15 is 0 Å². The Hall–Kier alpha value is -1.71. The lowest BCUT2D eigenvalue weighted by Crippen LogP contribution is -2.15. The van der Waals surface area contributed by atoms with Crippen molar-refractivity contribution in [2.75, 3.05) is 24.7 Å². The second kappa shape index (κ2) is 5.29. The average molecular weight is 248 g/mol. The smallest absolute Gasteiger partial charge is 0.340 e. The van der Waals surface area contributed by atoms with E-state index in [1.54, 1.807) is 6.07 Å². The van der Waals surface area contributed by atoms with Crippen LogP contribution in [0.4, 0.5) is 11.4 Å². The van der Waals surface area contributed by atoms with Crippen molar-refractivity contribution in [2.45, 2.75) is 19.8 Å². The molecule has 1 fully saturated rings. The lowest BCUT2D eigenvalue weighted by Gasteiger charge is -2.15. The third-order valence-electron chi connectivity index (χ3n) is 3.55. The Bertz CT molecular complexity index is 441. The first-order valence-electron chi connectivity index (χ1n) is 6.34. The number of methoxy groups -OCH3 is 1. The number of hydrogen-bond acceptors (Lipinski definition) is 4. The van der Waals surface area contributed by atoms with Crippen LogP contribution in [0, 0.1) is 11.8 Å². The van der Waals surface area contributed by atoms with Crippen LogP contribution in [0.1, 0.15) is 30.1 Å². The van der Waals surface area contributed by atoms with E-state index in [0.717, 1.165) is 18.2 Å². The summed E-state index contributed by atoms with van der Waals surface area (Å²) in [5.74, 6) is 1.10. The number of hydrogen-bond donors (Lipinski definition) is 2. The van der Waals surface area contributed by atoms with Gasteiger partial charge in [-0.25, -0.2) is 4.79 Å². The maximum Gasteiger partial charge on any atom is 0.340 e. The van der Waals surface area contributed by atoms with Crippen molar-refractivity contribution in [3.8, 4) is 0 Å². The van der Waals surface area contributed by atoms with E-state index in [1.807, 2.05) is 12.1 Å². The molecule has 98 valence electrons. The summed E-state index contributed by atoms with van der Waals surface area (Å²) in [5.41, 5.74) is 7.67. The Kier molecular flexibility index (Phi) is 3.75. The highest BCUT2D eigenvalue weighted by atomic mass is 16.5. The van der Waals surface area contributed by atoms with Crippen molar-refractivity contribution >= 4 is 17.3 Å². The fourth-order valence-corrected chi connectivity index (χ4v) is 2.11. The number of benzene rings is 1. The van der Waals surface area contributed by atoms with E-state index in [9.17, 15) is 4.79 Å². The molecule has 18 heavy (non-hydrogen) atoms. The predicted octanol–water partition coefficient (Wildman–Crippen LogP) is 2.51. The third kappa shape index (κ3) is 2.75. The van der Waals surface area contributed by atoms with Crippen molar-refractivity contribution in [2.24, 2.45) is 11.8 Å². The predicted molar refractivity (Wildman–Crippen MR) is 72.6 cm³/mol. The summed E-state index contributed by atoms with van der Waals surface area (Å²) in [7, 11) is 1.36. The monoisotopic (exact) mass is 248 g/mol. The number of ether oxygens (including phenoxy) is 1. The van der Waals surface area contributed by atoms with Crippen molar-refractivity contribution in [3.63, 3.8) is 0 Å². The maximum absolute atomic E-state index is 11.5. The zero-order valence-electron chi connectivity index (χ0n) is 10.9. The molecule has 3 N–H and O–H groups in total. The van der Waals surface area contributed by atoms with Gasteiger partial charge in [-0.05, 0) is 36.8 Å². The number of para-hydroxylation sites is 1. The summed E-state index contributed by atoms with van der Waals surface area (Å²) in [6.45, 7) is 3.13. The van der Waals surface area contributed by atoms with Crippen molar-refractivity contribution in [1.82, 2.24) is 0 Å². The van der Waals surface area contributed by atoms with Crippen LogP contribution in [-0.4, -0.2) is 19.6 Å². The largest absolute Gasteiger partial charge is 0.465 e. The molecule has 0 radical (unpaired) electrons. The highest BCUT2D eigenvalue weighted by Crippen LogP contribution is 2.36. The molecule has 1 aromatic rings. The van der Waals surface area contributed by atoms with Gasteiger partial charge in [0.1, 0.15) is 0 Å². The number of esters is 1. The molecule has 1 aliphatic carbocycles. The molecular formula is C14H20N2O2. The Morgan fingerprint density at radius 2 is 2.28 bits per heavy atom. The summed E-state index contributed by atoms with van der Waals surface area (Å²) in [6, 6.07) is 5.38. The van der Waals surface area contributed by atoms with E-state index < -0.39 is 5.97 Å². The molecule has 1 aliphatic rings. The van der Waals surface area contributed by atoms with Crippen LogP contribution in [-0.2, 0) is 4.74 Å². The van der Waals surface area contributed by atoms with Gasteiger partial charge in [0.2, 0.25) is 0 Å². The summed E-state index contributed by atoms with van der Waals surface area (Å²) >= 11 is 0. The molecule has 0 aliphatic heterocycles. The van der Waals surface area contributed by atoms with Crippen LogP contribution in [0.2, 0.25) is 0 Å². The minimum absolute atomic E-state index is 0.397. The first kappa shape index (κ1) is 12.7. The van der Waals surface area contributed by atoms with Crippen LogP contribution in [0.25, 0.3) is 0 Å². The van der Waals surface area contributed by atoms with Crippen LogP contribution in [0.5, 0.6) is 0 Å². The molecule has 0 amide bonds. The number of carbonyl (C=O) groups is 1. The van der Waals surface area contributed by atoms with Gasteiger partial charge in [0.25, 0.3) is 0 Å². The van der Waals surface area contributed by atoms with Gasteiger partial charge in [0.15, 0.2) is 0 Å². The molecule has 1 saturated carbocycles. The van der Waals surface area contributed by atoms with E-state index in [0.29, 0.717) is 17.2 Å². The van der Waals surface area contributed by atoms with Gasteiger partial charge in [-0.3, -0.25) is 0 Å². The molecule has 1 atom stereocenters. The first-order chi connectivity index (χ1) is 8.63. The Balaban J connectivity index is 2.05. The van der Waals surface area contributed by atoms with Gasteiger partial charge in [-0.2, -0.15) is 0 Å². The summed E-state index contributed by atoms with van der Waals surface area (Å²) in [4.78, 5) is 11.5. The summed E-state index contributed by atoms with van der Waals surface area (Å²) < 4.78 is 4.70. The highest BCUT2D eigenvalue weighted by Gasteiger charge is 2.27. The molecule has 0 bridgehead atoms. The molecule has 4 nitrogen and oxygen atoms in total. The number of carbonyl (C=O) groups excluding carboxylic acids is 1. The van der Waals surface area contributed by atoms with Crippen molar-refractivity contribution < 1.29 is 9.53 Å². The Labute approximate surface area is 108 Å². The molecular weight excluding hydrogens is 228 g/mol. The minimum Gasteiger partial charge on any atom is -0.465 e. The lowest BCUT2D eigenvalue weighted by molar-refractivity contribution is 0.0602. The van der Waals surface area contributed by atoms with Crippen LogP contribution in [0.15, 0.2) is 18.2 Å². The minimum atomic E-state index is -0.397. The zero-order chi connectivity index (χ0) is 13.1. The van der Waals surface area contributed by atoms with E-state index in [-0.39, 0.29) is 0 Å². The quantitative estimate of drug-likeness (QED) is 0.620. The SMILES string of the molecule is COC(=O)c1cccc(NCC(C)C2CC2)c1N. The number of anilines is 2. The summed E-state index contributed by atoms with van der Waals surface area (Å²) in [6.07, 6.45) is 2.67. The molecule has 0 spiro atoms. The number of nitrogens with two attached hydrogens (primary N) is 1. The van der Waals surface area contributed by atoms with E-state index in [4.69, 9.17) is 10.5 Å². The Morgan fingerprint density at radius 3 is 2.89 bits per heavy atom. The van der Waals surface area contributed by atoms with Gasteiger partial charge >= 0.3 is 5.97 Å². The van der Waals surface area contributed by atoms with Gasteiger partial charge in [-0.1, -0.05) is 13.0 Å². The molecule has 0 saturated heterocycles. The van der Waals surface area contributed by atoms with Crippen LogP contribution < -0.4 is 11.1 Å². The first-order valence-corrected chi connectivity index (χ1v) is 6.34. The van der Waals surface area contributed by atoms with E-state index in [2.05, 4.69) is 12.2 Å². The highest BCUT2D eigenvalue weighted by molar-refractivity contribution is 5.98. The van der Waals surface area contributed by atoms with E-state index in [1.165, 1.54) is 20.0 Å². The lowest BCUT2D eigenvalue weighted by atomic mass is 10.1. The normalized spacial score (nSPS) is 16.1. The van der Waals surface area contributed by atoms with Gasteiger partial charge in [-0.15, -0.1) is 0 Å². The molecule has 2 rings (SSSR count). The van der Waals surface area contributed by atoms with Crippen molar-refractivity contribution in [3.05, 3.63) is 23.8 Å². The molecule has 4 heteroatoms. The third-order valence-corrected chi connectivity index (χ3v) is 3.55. The molecule has 0 heterocycles. The topological polar surface area (TPSA) is 64.3 Å². The number of nitrogens with one attached hydrogen (secondary N) is 1. The van der Waals surface area contributed by atoms with Gasteiger partial charge in [0.05, 0.1) is 24.0 Å². The van der Waals surface area contributed by atoms with Crippen molar-refractivity contribution in [1.29, 1.82) is 0 Å². The van der Waals surface area contributed by atoms with Gasteiger partial charge in [0, 0.05) is 6.54 Å². The summed E-state index contributed by atoms with van der Waals surface area (Å²) in [5, 5.41) is 3.32. The van der Waals surface area contributed by atoms with Crippen LogP contribution >= 0.6 is 0 Å². The Morgan fingerprint density at radius 1 is 1.56 bits per heavy atom. The average Bonchev–Trinajstić information content (AvgIpc) is 3.20. The number of nitrogen functional groups attached to an aromatic ring is 1. The molecule has 0 aromatic heterocycles. The fourth-order valence-electron chi connectivity index (χ4n) is 2.11. The zero-order valence-corrected chi connectivity index (χ0v) is 10.9. The second-order valence-corrected chi connectivity index (χ2v) is 4.95. The fraction of sp³-hybridized carbons (Fsp3) is 0.500. The van der Waals surface area contributed by atoms with Crippen LogP contribution in [0.3, 0.4) is 0 Å². The standard InChI is InChI=1S/C14H20N2O2/c1-9(10-6-7-10)8-16-12-5-3-4-11(13(12)15)14(17)18-2/h3-5,9-10,16H,6-8,15H2,1-2H3. The molecule has 1 aromatic carbocycles. The second-order valence-electron chi connectivity index (χ2n) is 4.95. The maximum atomic E-state index is 11.5. The number of rotatable bonds is 5.